The molecule has 0 spiro atoms. The van der Waals surface area contributed by atoms with Crippen molar-refractivity contribution < 1.29 is 23.1 Å². The van der Waals surface area contributed by atoms with Gasteiger partial charge in [-0.25, -0.2) is 0 Å². The molecule has 0 atom stereocenters. The fourth-order valence-electron chi connectivity index (χ4n) is 1.98. The Kier molecular flexibility index (Phi) is 6.26. The SMILES string of the molecule is O=C(CCC(=O)c1ccc(Cl)cc1)Nc1cccc(OC(F)F)c1. The number of halogens is 3. The summed E-state index contributed by atoms with van der Waals surface area (Å²) in [6.45, 7) is -2.94. The number of ketones is 1. The van der Waals surface area contributed by atoms with E-state index in [1.54, 1.807) is 24.3 Å². The fourth-order valence-corrected chi connectivity index (χ4v) is 2.11. The van der Waals surface area contributed by atoms with Crippen LogP contribution in [-0.4, -0.2) is 18.3 Å². The third-order valence-corrected chi connectivity index (χ3v) is 3.34. The summed E-state index contributed by atoms with van der Waals surface area (Å²) < 4.78 is 28.6. The van der Waals surface area contributed by atoms with Gasteiger partial charge in [-0.1, -0.05) is 17.7 Å². The molecule has 2 aromatic carbocycles. The first-order valence-electron chi connectivity index (χ1n) is 7.07. The lowest BCUT2D eigenvalue weighted by Crippen LogP contribution is -2.13. The van der Waals surface area contributed by atoms with Crippen LogP contribution >= 0.6 is 11.6 Å². The Bertz CT molecular complexity index is 720. The lowest BCUT2D eigenvalue weighted by molar-refractivity contribution is -0.116. The molecular weight excluding hydrogens is 340 g/mol. The summed E-state index contributed by atoms with van der Waals surface area (Å²) in [7, 11) is 0. The maximum Gasteiger partial charge on any atom is 0.387 e. The van der Waals surface area contributed by atoms with Crippen LogP contribution < -0.4 is 10.1 Å². The number of anilines is 1. The van der Waals surface area contributed by atoms with Gasteiger partial charge in [0.1, 0.15) is 5.75 Å². The van der Waals surface area contributed by atoms with Crippen molar-refractivity contribution in [3.8, 4) is 5.75 Å². The first-order valence-corrected chi connectivity index (χ1v) is 7.45. The van der Waals surface area contributed by atoms with Gasteiger partial charge in [-0.2, -0.15) is 8.78 Å². The van der Waals surface area contributed by atoms with Gasteiger partial charge in [0.05, 0.1) is 0 Å². The molecule has 2 aromatic rings. The second kappa shape index (κ2) is 8.40. The summed E-state index contributed by atoms with van der Waals surface area (Å²) in [4.78, 5) is 23.8. The number of hydrogen-bond acceptors (Lipinski definition) is 3. The first-order chi connectivity index (χ1) is 11.4. The Morgan fingerprint density at radius 1 is 1.08 bits per heavy atom. The largest absolute Gasteiger partial charge is 0.435 e. The molecule has 0 saturated heterocycles. The minimum absolute atomic E-state index is 0.0264. The summed E-state index contributed by atoms with van der Waals surface area (Å²) in [5.41, 5.74) is 0.789. The first kappa shape index (κ1) is 17.9. The summed E-state index contributed by atoms with van der Waals surface area (Å²) in [6.07, 6.45) is 0.00207. The predicted molar refractivity (Wildman–Crippen MR) is 86.7 cm³/mol. The molecule has 2 rings (SSSR count). The molecule has 0 saturated carbocycles. The zero-order chi connectivity index (χ0) is 17.5. The number of benzene rings is 2. The highest BCUT2D eigenvalue weighted by molar-refractivity contribution is 6.30. The van der Waals surface area contributed by atoms with Crippen LogP contribution in [-0.2, 0) is 4.79 Å². The molecule has 1 amide bonds. The lowest BCUT2D eigenvalue weighted by Gasteiger charge is -2.08. The van der Waals surface area contributed by atoms with Crippen molar-refractivity contribution in [2.75, 3.05) is 5.32 Å². The molecule has 0 radical (unpaired) electrons. The summed E-state index contributed by atoms with van der Waals surface area (Å²) in [5.74, 6) is -0.636. The molecule has 1 N–H and O–H groups in total. The molecule has 0 heterocycles. The Hall–Kier alpha value is -2.47. The van der Waals surface area contributed by atoms with E-state index in [1.165, 1.54) is 24.3 Å². The molecule has 0 fully saturated rings. The topological polar surface area (TPSA) is 55.4 Å². The van der Waals surface area contributed by atoms with Crippen LogP contribution in [0.5, 0.6) is 5.75 Å². The van der Waals surface area contributed by atoms with Crippen molar-refractivity contribution >= 4 is 29.0 Å². The minimum Gasteiger partial charge on any atom is -0.435 e. The van der Waals surface area contributed by atoms with Crippen LogP contribution in [0.3, 0.4) is 0 Å². The van der Waals surface area contributed by atoms with E-state index in [4.69, 9.17) is 11.6 Å². The van der Waals surface area contributed by atoms with E-state index in [2.05, 4.69) is 10.1 Å². The van der Waals surface area contributed by atoms with E-state index < -0.39 is 12.5 Å². The van der Waals surface area contributed by atoms with Gasteiger partial charge in [-0.15, -0.1) is 0 Å². The highest BCUT2D eigenvalue weighted by Crippen LogP contribution is 2.19. The Morgan fingerprint density at radius 3 is 2.46 bits per heavy atom. The van der Waals surface area contributed by atoms with E-state index in [0.717, 1.165) is 0 Å². The molecular formula is C17H14ClF2NO3. The van der Waals surface area contributed by atoms with E-state index in [1.807, 2.05) is 0 Å². The fraction of sp³-hybridized carbons (Fsp3) is 0.176. The molecule has 0 aliphatic heterocycles. The number of carbonyl (C=O) groups is 2. The number of alkyl halides is 2. The summed E-state index contributed by atoms with van der Waals surface area (Å²) in [5, 5.41) is 3.06. The molecule has 7 heteroatoms. The van der Waals surface area contributed by atoms with Gasteiger partial charge in [0, 0.05) is 35.2 Å². The number of amides is 1. The number of hydrogen-bond donors (Lipinski definition) is 1. The van der Waals surface area contributed by atoms with Gasteiger partial charge in [0.25, 0.3) is 0 Å². The molecule has 4 nitrogen and oxygen atoms in total. The number of carbonyl (C=O) groups excluding carboxylic acids is 2. The molecule has 126 valence electrons. The van der Waals surface area contributed by atoms with E-state index >= 15 is 0 Å². The van der Waals surface area contributed by atoms with E-state index in [0.29, 0.717) is 16.3 Å². The Balaban J connectivity index is 1.87. The monoisotopic (exact) mass is 353 g/mol. The van der Waals surface area contributed by atoms with Crippen LogP contribution in [0, 0.1) is 0 Å². The third kappa shape index (κ3) is 5.62. The highest BCUT2D eigenvalue weighted by Gasteiger charge is 2.10. The summed E-state index contributed by atoms with van der Waals surface area (Å²) in [6, 6.07) is 12.0. The zero-order valence-electron chi connectivity index (χ0n) is 12.5. The Morgan fingerprint density at radius 2 is 1.79 bits per heavy atom. The van der Waals surface area contributed by atoms with Gasteiger partial charge < -0.3 is 10.1 Å². The molecule has 0 aliphatic carbocycles. The molecule has 0 unspecified atom stereocenters. The normalized spacial score (nSPS) is 10.5. The lowest BCUT2D eigenvalue weighted by atomic mass is 10.1. The second-order valence-electron chi connectivity index (χ2n) is 4.88. The van der Waals surface area contributed by atoms with Gasteiger partial charge >= 0.3 is 6.61 Å². The van der Waals surface area contributed by atoms with Crippen molar-refractivity contribution in [2.24, 2.45) is 0 Å². The predicted octanol–water partition coefficient (Wildman–Crippen LogP) is 4.54. The average molecular weight is 354 g/mol. The third-order valence-electron chi connectivity index (χ3n) is 3.09. The quantitative estimate of drug-likeness (QED) is 0.743. The van der Waals surface area contributed by atoms with Crippen molar-refractivity contribution in [1.29, 1.82) is 0 Å². The van der Waals surface area contributed by atoms with Crippen LogP contribution in [0.4, 0.5) is 14.5 Å². The molecule has 0 aliphatic rings. The van der Waals surface area contributed by atoms with Crippen LogP contribution in [0.1, 0.15) is 23.2 Å². The number of rotatable bonds is 7. The number of Topliss-reactive ketones (excluding diaryl/α,β-unsaturated/α-hetero) is 1. The standard InChI is InChI=1S/C17H14ClF2NO3/c18-12-6-4-11(5-7-12)15(22)8-9-16(23)21-13-2-1-3-14(10-13)24-17(19)20/h1-7,10,17H,8-9H2,(H,21,23). The minimum atomic E-state index is -2.94. The van der Waals surface area contributed by atoms with Crippen LogP contribution in [0.25, 0.3) is 0 Å². The van der Waals surface area contributed by atoms with Crippen molar-refractivity contribution in [3.63, 3.8) is 0 Å². The summed E-state index contributed by atoms with van der Waals surface area (Å²) >= 11 is 5.75. The zero-order valence-corrected chi connectivity index (χ0v) is 13.2. The van der Waals surface area contributed by atoms with Crippen molar-refractivity contribution in [1.82, 2.24) is 0 Å². The number of nitrogens with one attached hydrogen (secondary N) is 1. The van der Waals surface area contributed by atoms with Crippen molar-refractivity contribution in [3.05, 3.63) is 59.1 Å². The molecule has 0 aromatic heterocycles. The van der Waals surface area contributed by atoms with Gasteiger partial charge in [-0.3, -0.25) is 9.59 Å². The maximum atomic E-state index is 12.2. The average Bonchev–Trinajstić information content (AvgIpc) is 2.53. The second-order valence-corrected chi connectivity index (χ2v) is 5.32. The van der Waals surface area contributed by atoms with E-state index in [9.17, 15) is 18.4 Å². The maximum absolute atomic E-state index is 12.2. The van der Waals surface area contributed by atoms with Crippen LogP contribution in [0.15, 0.2) is 48.5 Å². The highest BCUT2D eigenvalue weighted by atomic mass is 35.5. The molecule has 0 bridgehead atoms. The van der Waals surface area contributed by atoms with Gasteiger partial charge in [0.2, 0.25) is 5.91 Å². The molecule has 24 heavy (non-hydrogen) atoms. The van der Waals surface area contributed by atoms with Crippen LogP contribution in [0.2, 0.25) is 5.02 Å². The smallest absolute Gasteiger partial charge is 0.387 e. The van der Waals surface area contributed by atoms with Crippen molar-refractivity contribution in [2.45, 2.75) is 19.5 Å². The Labute approximate surface area is 142 Å². The number of ether oxygens (including phenoxy) is 1. The van der Waals surface area contributed by atoms with E-state index in [-0.39, 0.29) is 24.4 Å². The van der Waals surface area contributed by atoms with Gasteiger partial charge in [0.15, 0.2) is 5.78 Å². The van der Waals surface area contributed by atoms with Gasteiger partial charge in [-0.05, 0) is 36.4 Å².